The Bertz CT molecular complexity index is 1420. The Morgan fingerprint density at radius 2 is 2.09 bits per heavy atom. The van der Waals surface area contributed by atoms with Crippen molar-refractivity contribution in [3.63, 3.8) is 0 Å². The SMILES string of the molecule is Cc1c[nH]c2ncc(-c3cc4c(c(C5CCCN5)c3)CN(C(=O)c3cnn(C(F)F)c3)CC4)cc12. The van der Waals surface area contributed by atoms with Crippen molar-refractivity contribution >= 4 is 16.9 Å². The van der Waals surface area contributed by atoms with Crippen molar-refractivity contribution in [1.82, 2.24) is 30.0 Å². The number of H-pyrrole nitrogens is 1. The van der Waals surface area contributed by atoms with E-state index in [1.165, 1.54) is 17.3 Å². The molecule has 1 atom stereocenters. The van der Waals surface area contributed by atoms with Gasteiger partial charge in [0.2, 0.25) is 0 Å². The van der Waals surface area contributed by atoms with E-state index in [1.54, 1.807) is 4.90 Å². The molecule has 4 aromatic rings. The summed E-state index contributed by atoms with van der Waals surface area (Å²) in [7, 11) is 0. The van der Waals surface area contributed by atoms with E-state index < -0.39 is 6.55 Å². The highest BCUT2D eigenvalue weighted by atomic mass is 19.3. The maximum atomic E-state index is 13.1. The van der Waals surface area contributed by atoms with E-state index in [0.717, 1.165) is 58.9 Å². The smallest absolute Gasteiger partial charge is 0.333 e. The van der Waals surface area contributed by atoms with Crippen LogP contribution in [0.5, 0.6) is 0 Å². The number of amides is 1. The Morgan fingerprint density at radius 3 is 2.86 bits per heavy atom. The molecule has 35 heavy (non-hydrogen) atoms. The number of fused-ring (bicyclic) bond motifs is 2. The maximum Gasteiger partial charge on any atom is 0.333 e. The largest absolute Gasteiger partial charge is 0.346 e. The van der Waals surface area contributed by atoms with Gasteiger partial charge in [-0.1, -0.05) is 6.07 Å². The molecular formula is C26H26F2N6O. The lowest BCUT2D eigenvalue weighted by Crippen LogP contribution is -2.37. The van der Waals surface area contributed by atoms with Gasteiger partial charge >= 0.3 is 6.55 Å². The number of pyridine rings is 1. The van der Waals surface area contributed by atoms with Crippen molar-refractivity contribution in [1.29, 1.82) is 0 Å². The van der Waals surface area contributed by atoms with Crippen molar-refractivity contribution in [2.75, 3.05) is 13.1 Å². The Balaban J connectivity index is 1.37. The summed E-state index contributed by atoms with van der Waals surface area (Å²) in [5.41, 5.74) is 8.01. The molecule has 5 heterocycles. The molecule has 0 saturated carbocycles. The van der Waals surface area contributed by atoms with E-state index in [-0.39, 0.29) is 17.5 Å². The number of benzene rings is 1. The van der Waals surface area contributed by atoms with Crippen LogP contribution in [0.2, 0.25) is 0 Å². The molecule has 0 aliphatic carbocycles. The summed E-state index contributed by atoms with van der Waals surface area (Å²) in [4.78, 5) is 22.7. The van der Waals surface area contributed by atoms with E-state index in [1.807, 2.05) is 12.4 Å². The number of rotatable bonds is 4. The van der Waals surface area contributed by atoms with E-state index in [0.29, 0.717) is 24.2 Å². The van der Waals surface area contributed by atoms with Crippen LogP contribution in [-0.4, -0.2) is 43.6 Å². The minimum Gasteiger partial charge on any atom is -0.346 e. The van der Waals surface area contributed by atoms with Crippen LogP contribution in [0.4, 0.5) is 8.78 Å². The molecule has 6 rings (SSSR count). The summed E-state index contributed by atoms with van der Waals surface area (Å²) in [5, 5.41) is 8.35. The summed E-state index contributed by atoms with van der Waals surface area (Å²) in [5.74, 6) is -0.269. The summed E-state index contributed by atoms with van der Waals surface area (Å²) in [6.07, 6.45) is 9.07. The second-order valence-electron chi connectivity index (χ2n) is 9.41. The minimum atomic E-state index is -2.76. The number of alkyl halides is 2. The summed E-state index contributed by atoms with van der Waals surface area (Å²) >= 11 is 0. The molecule has 0 bridgehead atoms. The first-order valence-electron chi connectivity index (χ1n) is 11.9. The zero-order chi connectivity index (χ0) is 24.1. The molecule has 1 unspecified atom stereocenters. The molecule has 180 valence electrons. The van der Waals surface area contributed by atoms with Crippen LogP contribution < -0.4 is 5.32 Å². The lowest BCUT2D eigenvalue weighted by Gasteiger charge is -2.32. The van der Waals surface area contributed by atoms with Gasteiger partial charge in [-0.15, -0.1) is 0 Å². The summed E-state index contributed by atoms with van der Waals surface area (Å²) in [6.45, 7) is 1.26. The molecule has 0 spiro atoms. The number of hydrogen-bond acceptors (Lipinski definition) is 4. The average Bonchev–Trinajstić information content (AvgIpc) is 3.64. The van der Waals surface area contributed by atoms with Crippen LogP contribution in [0.3, 0.4) is 0 Å². The van der Waals surface area contributed by atoms with Gasteiger partial charge in [-0.3, -0.25) is 4.79 Å². The van der Waals surface area contributed by atoms with Crippen molar-refractivity contribution in [2.45, 2.75) is 45.3 Å². The predicted molar refractivity (Wildman–Crippen MR) is 128 cm³/mol. The molecule has 7 nitrogen and oxygen atoms in total. The zero-order valence-electron chi connectivity index (χ0n) is 19.4. The molecule has 1 saturated heterocycles. The first kappa shape index (κ1) is 21.9. The summed E-state index contributed by atoms with van der Waals surface area (Å²) in [6, 6.07) is 6.86. The van der Waals surface area contributed by atoms with Crippen LogP contribution in [0.15, 0.2) is 43.0 Å². The molecular weight excluding hydrogens is 450 g/mol. The van der Waals surface area contributed by atoms with Crippen LogP contribution in [0.25, 0.3) is 22.2 Å². The van der Waals surface area contributed by atoms with E-state index in [9.17, 15) is 13.6 Å². The monoisotopic (exact) mass is 476 g/mol. The zero-order valence-corrected chi connectivity index (χ0v) is 19.4. The first-order valence-corrected chi connectivity index (χ1v) is 11.9. The molecule has 2 aliphatic heterocycles. The Kier molecular flexibility index (Phi) is 5.36. The number of carbonyl (C=O) groups excluding carboxylic acids is 1. The third-order valence-electron chi connectivity index (χ3n) is 7.22. The fraction of sp³-hybridized carbons (Fsp3) is 0.346. The van der Waals surface area contributed by atoms with E-state index >= 15 is 0 Å². The molecule has 2 N–H and O–H groups in total. The second kappa shape index (κ2) is 8.57. The minimum absolute atomic E-state index is 0.187. The molecule has 2 aliphatic rings. The van der Waals surface area contributed by atoms with Crippen molar-refractivity contribution in [3.8, 4) is 11.1 Å². The molecule has 1 aromatic carbocycles. The van der Waals surface area contributed by atoms with Crippen LogP contribution in [-0.2, 0) is 13.0 Å². The topological polar surface area (TPSA) is 78.8 Å². The first-order chi connectivity index (χ1) is 17.0. The van der Waals surface area contributed by atoms with Gasteiger partial charge in [-0.2, -0.15) is 13.9 Å². The maximum absolute atomic E-state index is 13.1. The average molecular weight is 477 g/mol. The van der Waals surface area contributed by atoms with Crippen molar-refractivity contribution in [3.05, 3.63) is 70.8 Å². The molecule has 1 amide bonds. The standard InChI is InChI=1S/C26H26F2N6O/c1-15-10-30-24-20(15)9-18(11-31-24)17-7-16-4-6-33(25(35)19-12-32-34(13-19)26(27)28)14-22(16)21(8-17)23-3-2-5-29-23/h7-13,23,26,29H,2-6,14H2,1H3,(H,30,31). The number of carbonyl (C=O) groups is 1. The number of aromatic nitrogens is 4. The Hall–Kier alpha value is -3.59. The quantitative estimate of drug-likeness (QED) is 0.446. The van der Waals surface area contributed by atoms with Gasteiger partial charge in [0.05, 0.1) is 11.8 Å². The number of nitrogens with one attached hydrogen (secondary N) is 2. The number of hydrogen-bond donors (Lipinski definition) is 2. The van der Waals surface area contributed by atoms with Gasteiger partial charge in [-0.05, 0) is 72.7 Å². The van der Waals surface area contributed by atoms with E-state index in [2.05, 4.69) is 45.5 Å². The highest BCUT2D eigenvalue weighted by molar-refractivity contribution is 5.94. The molecule has 0 radical (unpaired) electrons. The predicted octanol–water partition coefficient (Wildman–Crippen LogP) is 4.75. The fourth-order valence-corrected chi connectivity index (χ4v) is 5.33. The molecule has 9 heteroatoms. The van der Waals surface area contributed by atoms with Crippen molar-refractivity contribution in [2.24, 2.45) is 0 Å². The van der Waals surface area contributed by atoms with Crippen LogP contribution >= 0.6 is 0 Å². The van der Waals surface area contributed by atoms with Gasteiger partial charge in [-0.25, -0.2) is 9.67 Å². The fourth-order valence-electron chi connectivity index (χ4n) is 5.33. The summed E-state index contributed by atoms with van der Waals surface area (Å²) < 4.78 is 26.4. The van der Waals surface area contributed by atoms with Crippen LogP contribution in [0.1, 0.15) is 58.0 Å². The normalized spacial score (nSPS) is 17.9. The number of aryl methyl sites for hydroxylation is 1. The van der Waals surface area contributed by atoms with Crippen LogP contribution in [0, 0.1) is 6.92 Å². The van der Waals surface area contributed by atoms with Gasteiger partial charge in [0.15, 0.2) is 0 Å². The van der Waals surface area contributed by atoms with Gasteiger partial charge in [0.1, 0.15) is 5.65 Å². The Labute approximate surface area is 201 Å². The lowest BCUT2D eigenvalue weighted by molar-refractivity contribution is 0.0563. The number of aromatic amines is 1. The Morgan fingerprint density at radius 1 is 1.20 bits per heavy atom. The van der Waals surface area contributed by atoms with Gasteiger partial charge < -0.3 is 15.2 Å². The highest BCUT2D eigenvalue weighted by Gasteiger charge is 2.29. The number of halogens is 2. The van der Waals surface area contributed by atoms with Gasteiger partial charge in [0.25, 0.3) is 5.91 Å². The number of nitrogens with zero attached hydrogens (tertiary/aromatic N) is 4. The highest BCUT2D eigenvalue weighted by Crippen LogP contribution is 2.36. The van der Waals surface area contributed by atoms with Crippen molar-refractivity contribution < 1.29 is 13.6 Å². The third-order valence-corrected chi connectivity index (χ3v) is 7.22. The lowest BCUT2D eigenvalue weighted by atomic mass is 9.87. The molecule has 1 fully saturated rings. The molecule has 3 aromatic heterocycles. The second-order valence-corrected chi connectivity index (χ2v) is 9.41. The van der Waals surface area contributed by atoms with E-state index in [4.69, 9.17) is 0 Å². The third kappa shape index (κ3) is 3.89. The van der Waals surface area contributed by atoms with Gasteiger partial charge in [0, 0.05) is 48.7 Å².